The topological polar surface area (TPSA) is 83.8 Å². The Bertz CT molecular complexity index is 527. The van der Waals surface area contributed by atoms with Gasteiger partial charge >= 0.3 is 0 Å². The number of aromatic nitrogens is 3. The second kappa shape index (κ2) is 4.40. The molecular weight excluding hydrogens is 220 g/mol. The highest BCUT2D eigenvalue weighted by molar-refractivity contribution is 6.04. The van der Waals surface area contributed by atoms with Crippen molar-refractivity contribution in [2.75, 3.05) is 5.32 Å². The maximum Gasteiger partial charge on any atom is 0.262 e. The Morgan fingerprint density at radius 1 is 1.53 bits per heavy atom. The van der Waals surface area contributed by atoms with Crippen LogP contribution in [0.25, 0.3) is 0 Å². The minimum absolute atomic E-state index is 0.273. The third-order valence-electron chi connectivity index (χ3n) is 2.46. The van der Waals surface area contributed by atoms with Crippen molar-refractivity contribution >= 4 is 11.7 Å². The van der Waals surface area contributed by atoms with Crippen LogP contribution in [0.1, 0.15) is 41.6 Å². The third kappa shape index (κ3) is 2.35. The van der Waals surface area contributed by atoms with E-state index in [4.69, 9.17) is 4.52 Å². The summed E-state index contributed by atoms with van der Waals surface area (Å²) in [5.74, 6) is 1.05. The van der Waals surface area contributed by atoms with Gasteiger partial charge in [0.05, 0.1) is 6.20 Å². The largest absolute Gasteiger partial charge is 0.361 e. The van der Waals surface area contributed by atoms with E-state index in [0.29, 0.717) is 23.1 Å². The second-order valence-corrected chi connectivity index (χ2v) is 4.11. The lowest BCUT2D eigenvalue weighted by molar-refractivity contribution is 0.102. The fourth-order valence-corrected chi connectivity index (χ4v) is 1.40. The number of carbonyl (C=O) groups is 1. The lowest BCUT2D eigenvalue weighted by Gasteiger charge is -1.99. The summed E-state index contributed by atoms with van der Waals surface area (Å²) in [6.45, 7) is 5.78. The first-order valence-electron chi connectivity index (χ1n) is 5.36. The van der Waals surface area contributed by atoms with Gasteiger partial charge in [0.25, 0.3) is 5.91 Å². The van der Waals surface area contributed by atoms with Gasteiger partial charge in [-0.05, 0) is 12.8 Å². The van der Waals surface area contributed by atoms with Crippen LogP contribution in [-0.2, 0) is 0 Å². The molecule has 0 spiro atoms. The van der Waals surface area contributed by atoms with E-state index >= 15 is 0 Å². The molecule has 2 aromatic rings. The molecule has 17 heavy (non-hydrogen) atoms. The molecule has 0 fully saturated rings. The Balaban J connectivity index is 2.11. The summed E-state index contributed by atoms with van der Waals surface area (Å²) in [5.41, 5.74) is 1.39. The summed E-state index contributed by atoms with van der Waals surface area (Å²) >= 11 is 0. The minimum atomic E-state index is -0.273. The van der Waals surface area contributed by atoms with E-state index in [0.717, 1.165) is 5.69 Å². The fourth-order valence-electron chi connectivity index (χ4n) is 1.40. The molecule has 2 rings (SSSR count). The zero-order valence-electron chi connectivity index (χ0n) is 9.94. The zero-order chi connectivity index (χ0) is 12.4. The number of nitrogens with zero attached hydrogens (tertiary/aromatic N) is 2. The quantitative estimate of drug-likeness (QED) is 0.851. The van der Waals surface area contributed by atoms with E-state index in [1.807, 2.05) is 19.9 Å². The number of nitrogens with one attached hydrogen (secondary N) is 2. The number of hydrogen-bond donors (Lipinski definition) is 2. The lowest BCUT2D eigenvalue weighted by Crippen LogP contribution is -2.12. The van der Waals surface area contributed by atoms with Gasteiger partial charge in [-0.3, -0.25) is 9.89 Å². The fraction of sp³-hybridized carbons (Fsp3) is 0.364. The van der Waals surface area contributed by atoms with Gasteiger partial charge in [-0.25, -0.2) is 0 Å². The number of carbonyl (C=O) groups excluding carboxylic acids is 1. The molecule has 0 aliphatic heterocycles. The Morgan fingerprint density at radius 2 is 2.29 bits per heavy atom. The minimum Gasteiger partial charge on any atom is -0.361 e. The summed E-state index contributed by atoms with van der Waals surface area (Å²) in [5, 5.41) is 13.1. The molecule has 0 saturated carbocycles. The molecule has 90 valence electrons. The van der Waals surface area contributed by atoms with Gasteiger partial charge in [0.15, 0.2) is 5.82 Å². The molecule has 2 N–H and O–H groups in total. The monoisotopic (exact) mass is 234 g/mol. The summed E-state index contributed by atoms with van der Waals surface area (Å²) in [6, 6.07) is 1.81. The number of aryl methyl sites for hydroxylation is 1. The van der Waals surface area contributed by atoms with E-state index in [1.54, 1.807) is 6.92 Å². The number of rotatable bonds is 3. The van der Waals surface area contributed by atoms with E-state index in [9.17, 15) is 4.79 Å². The van der Waals surface area contributed by atoms with Crippen molar-refractivity contribution in [1.82, 2.24) is 15.4 Å². The maximum absolute atomic E-state index is 11.8. The van der Waals surface area contributed by atoms with Crippen LogP contribution in [0.15, 0.2) is 16.8 Å². The molecule has 6 heteroatoms. The number of aromatic amines is 1. The maximum atomic E-state index is 11.8. The van der Waals surface area contributed by atoms with Gasteiger partial charge in [-0.2, -0.15) is 5.10 Å². The molecule has 0 aliphatic carbocycles. The molecule has 0 aliphatic rings. The van der Waals surface area contributed by atoms with Gasteiger partial charge in [0.2, 0.25) is 0 Å². The van der Waals surface area contributed by atoms with Crippen molar-refractivity contribution in [2.45, 2.75) is 26.7 Å². The molecule has 0 bridgehead atoms. The Hall–Kier alpha value is -2.11. The van der Waals surface area contributed by atoms with Crippen LogP contribution in [0.4, 0.5) is 5.82 Å². The van der Waals surface area contributed by atoms with Crippen molar-refractivity contribution in [2.24, 2.45) is 0 Å². The normalized spacial score (nSPS) is 10.8. The second-order valence-electron chi connectivity index (χ2n) is 4.11. The molecule has 0 unspecified atom stereocenters. The smallest absolute Gasteiger partial charge is 0.262 e. The molecule has 6 nitrogen and oxygen atoms in total. The average molecular weight is 234 g/mol. The number of anilines is 1. The molecule has 0 aromatic carbocycles. The van der Waals surface area contributed by atoms with Gasteiger partial charge in [0.1, 0.15) is 11.3 Å². The van der Waals surface area contributed by atoms with Gasteiger partial charge < -0.3 is 9.84 Å². The lowest BCUT2D eigenvalue weighted by atomic mass is 10.1. The van der Waals surface area contributed by atoms with Gasteiger partial charge in [-0.1, -0.05) is 19.0 Å². The number of amides is 1. The van der Waals surface area contributed by atoms with E-state index < -0.39 is 0 Å². The van der Waals surface area contributed by atoms with Crippen molar-refractivity contribution in [3.8, 4) is 0 Å². The van der Waals surface area contributed by atoms with Crippen LogP contribution in [0.5, 0.6) is 0 Å². The molecular formula is C11H14N4O2. The van der Waals surface area contributed by atoms with Crippen molar-refractivity contribution < 1.29 is 9.32 Å². The molecule has 0 saturated heterocycles. The average Bonchev–Trinajstić information content (AvgIpc) is 2.86. The Kier molecular flexibility index (Phi) is 2.95. The first-order chi connectivity index (χ1) is 8.08. The van der Waals surface area contributed by atoms with E-state index in [2.05, 4.69) is 20.7 Å². The number of hydrogen-bond acceptors (Lipinski definition) is 4. The first-order valence-corrected chi connectivity index (χ1v) is 5.36. The van der Waals surface area contributed by atoms with Crippen molar-refractivity contribution in [3.05, 3.63) is 29.3 Å². The standard InChI is InChI=1S/C11H14N4O2/c1-6(2)9-4-10(15-14-9)13-11(16)8-5-12-17-7(8)3/h4-6H,1-3H3,(H2,13,14,15,16). The SMILES string of the molecule is Cc1oncc1C(=O)Nc1cc(C(C)C)[nH]n1. The Labute approximate surface area is 98.4 Å². The van der Waals surface area contributed by atoms with E-state index in [1.165, 1.54) is 6.20 Å². The van der Waals surface area contributed by atoms with Crippen molar-refractivity contribution in [1.29, 1.82) is 0 Å². The molecule has 1 amide bonds. The molecule has 2 heterocycles. The van der Waals surface area contributed by atoms with Crippen LogP contribution in [0, 0.1) is 6.92 Å². The molecule has 0 radical (unpaired) electrons. The summed E-state index contributed by atoms with van der Waals surface area (Å²) in [4.78, 5) is 11.8. The zero-order valence-corrected chi connectivity index (χ0v) is 9.94. The highest BCUT2D eigenvalue weighted by atomic mass is 16.5. The van der Waals surface area contributed by atoms with Crippen LogP contribution < -0.4 is 5.32 Å². The Morgan fingerprint density at radius 3 is 2.82 bits per heavy atom. The predicted molar refractivity (Wildman–Crippen MR) is 61.9 cm³/mol. The van der Waals surface area contributed by atoms with Gasteiger partial charge in [-0.15, -0.1) is 0 Å². The van der Waals surface area contributed by atoms with E-state index in [-0.39, 0.29) is 5.91 Å². The molecule has 0 atom stereocenters. The molecule has 2 aromatic heterocycles. The van der Waals surface area contributed by atoms with Crippen LogP contribution >= 0.6 is 0 Å². The van der Waals surface area contributed by atoms with Crippen LogP contribution in [-0.4, -0.2) is 21.3 Å². The number of H-pyrrole nitrogens is 1. The summed E-state index contributed by atoms with van der Waals surface area (Å²) in [7, 11) is 0. The van der Waals surface area contributed by atoms with Crippen molar-refractivity contribution in [3.63, 3.8) is 0 Å². The first kappa shape index (κ1) is 11.4. The highest BCUT2D eigenvalue weighted by Gasteiger charge is 2.14. The van der Waals surface area contributed by atoms with Crippen LogP contribution in [0.2, 0.25) is 0 Å². The predicted octanol–water partition coefficient (Wildman–Crippen LogP) is 2.08. The van der Waals surface area contributed by atoms with Gasteiger partial charge in [0, 0.05) is 11.8 Å². The summed E-state index contributed by atoms with van der Waals surface area (Å²) < 4.78 is 4.83. The third-order valence-corrected chi connectivity index (χ3v) is 2.46. The van der Waals surface area contributed by atoms with Crippen LogP contribution in [0.3, 0.4) is 0 Å². The highest BCUT2D eigenvalue weighted by Crippen LogP contribution is 2.16. The summed E-state index contributed by atoms with van der Waals surface area (Å²) in [6.07, 6.45) is 1.39.